The van der Waals surface area contributed by atoms with E-state index in [1.807, 2.05) is 12.1 Å². The minimum atomic E-state index is 0.0845. The van der Waals surface area contributed by atoms with Gasteiger partial charge in [-0.1, -0.05) is 32.4 Å². The summed E-state index contributed by atoms with van der Waals surface area (Å²) in [4.78, 5) is 8.85. The number of aromatic nitrogens is 2. The highest BCUT2D eigenvalue weighted by molar-refractivity contribution is 7.13. The Bertz CT molecular complexity index is 482. The van der Waals surface area contributed by atoms with Crippen LogP contribution in [-0.4, -0.2) is 9.97 Å². The predicted molar refractivity (Wildman–Crippen MR) is 69.1 cm³/mol. The second kappa shape index (κ2) is 4.15. The van der Waals surface area contributed by atoms with E-state index in [9.17, 15) is 0 Å². The Balaban J connectivity index is 2.35. The molecule has 2 nitrogen and oxygen atoms in total. The van der Waals surface area contributed by atoms with E-state index in [1.165, 1.54) is 0 Å². The van der Waals surface area contributed by atoms with Gasteiger partial charge in [-0.15, -0.1) is 11.3 Å². The van der Waals surface area contributed by atoms with Crippen molar-refractivity contribution in [3.05, 3.63) is 34.4 Å². The lowest BCUT2D eigenvalue weighted by atomic mass is 9.93. The molecule has 2 aromatic heterocycles. The highest BCUT2D eigenvalue weighted by atomic mass is 35.5. The molecular formula is C12H13ClN2S. The van der Waals surface area contributed by atoms with Gasteiger partial charge in [-0.25, -0.2) is 4.98 Å². The van der Waals surface area contributed by atoms with E-state index < -0.39 is 0 Å². The SMILES string of the molecule is CC(C)(C)c1csc(-c2ccc(Cl)cn2)n1. The van der Waals surface area contributed by atoms with Gasteiger partial charge in [0.2, 0.25) is 0 Å². The van der Waals surface area contributed by atoms with Crippen molar-refractivity contribution in [2.45, 2.75) is 26.2 Å². The monoisotopic (exact) mass is 252 g/mol. The van der Waals surface area contributed by atoms with Crippen LogP contribution in [0.1, 0.15) is 26.5 Å². The van der Waals surface area contributed by atoms with Gasteiger partial charge in [-0.05, 0) is 12.1 Å². The Hall–Kier alpha value is -0.930. The molecule has 4 heteroatoms. The summed E-state index contributed by atoms with van der Waals surface area (Å²) in [7, 11) is 0. The van der Waals surface area contributed by atoms with E-state index in [-0.39, 0.29) is 5.41 Å². The first-order valence-corrected chi connectivity index (χ1v) is 6.30. The van der Waals surface area contributed by atoms with E-state index in [1.54, 1.807) is 17.5 Å². The average Bonchev–Trinajstić information content (AvgIpc) is 2.67. The van der Waals surface area contributed by atoms with Crippen molar-refractivity contribution in [3.63, 3.8) is 0 Å². The highest BCUT2D eigenvalue weighted by Crippen LogP contribution is 2.28. The Morgan fingerprint density at radius 1 is 1.25 bits per heavy atom. The summed E-state index contributed by atoms with van der Waals surface area (Å²) in [5, 5.41) is 3.68. The van der Waals surface area contributed by atoms with Crippen molar-refractivity contribution in [2.75, 3.05) is 0 Å². The van der Waals surface area contributed by atoms with Gasteiger partial charge in [0.15, 0.2) is 0 Å². The van der Waals surface area contributed by atoms with Gasteiger partial charge in [0.1, 0.15) is 5.01 Å². The second-order valence-electron chi connectivity index (χ2n) is 4.65. The fourth-order valence-corrected chi connectivity index (χ4v) is 2.37. The molecule has 0 spiro atoms. The van der Waals surface area contributed by atoms with Crippen LogP contribution >= 0.6 is 22.9 Å². The topological polar surface area (TPSA) is 25.8 Å². The van der Waals surface area contributed by atoms with Crippen molar-refractivity contribution >= 4 is 22.9 Å². The zero-order valence-electron chi connectivity index (χ0n) is 9.49. The molecule has 0 fully saturated rings. The Labute approximate surface area is 104 Å². The number of rotatable bonds is 1. The lowest BCUT2D eigenvalue weighted by Gasteiger charge is -2.14. The first kappa shape index (κ1) is 11.6. The van der Waals surface area contributed by atoms with Gasteiger partial charge < -0.3 is 0 Å². The maximum absolute atomic E-state index is 5.80. The van der Waals surface area contributed by atoms with Crippen molar-refractivity contribution in [1.82, 2.24) is 9.97 Å². The van der Waals surface area contributed by atoms with Crippen molar-refractivity contribution in [1.29, 1.82) is 0 Å². The molecule has 0 N–H and O–H groups in total. The van der Waals surface area contributed by atoms with E-state index in [4.69, 9.17) is 11.6 Å². The van der Waals surface area contributed by atoms with Crippen LogP contribution in [-0.2, 0) is 5.41 Å². The number of thiazole rings is 1. The zero-order valence-corrected chi connectivity index (χ0v) is 11.1. The third-order valence-electron chi connectivity index (χ3n) is 2.22. The lowest BCUT2D eigenvalue weighted by Crippen LogP contribution is -2.11. The van der Waals surface area contributed by atoms with Gasteiger partial charge in [-0.3, -0.25) is 4.98 Å². The van der Waals surface area contributed by atoms with Crippen LogP contribution in [0, 0.1) is 0 Å². The lowest BCUT2D eigenvalue weighted by molar-refractivity contribution is 0.573. The molecule has 2 aromatic rings. The smallest absolute Gasteiger partial charge is 0.142 e. The average molecular weight is 253 g/mol. The maximum atomic E-state index is 5.80. The molecule has 0 aliphatic heterocycles. The third kappa shape index (κ3) is 2.42. The minimum absolute atomic E-state index is 0.0845. The van der Waals surface area contributed by atoms with Gasteiger partial charge in [-0.2, -0.15) is 0 Å². The Morgan fingerprint density at radius 2 is 2.00 bits per heavy atom. The van der Waals surface area contributed by atoms with E-state index >= 15 is 0 Å². The summed E-state index contributed by atoms with van der Waals surface area (Å²) in [6.45, 7) is 6.46. The summed E-state index contributed by atoms with van der Waals surface area (Å²) < 4.78 is 0. The molecule has 0 radical (unpaired) electrons. The summed E-state index contributed by atoms with van der Waals surface area (Å²) in [6, 6.07) is 3.73. The number of nitrogens with zero attached hydrogens (tertiary/aromatic N) is 2. The summed E-state index contributed by atoms with van der Waals surface area (Å²) in [5.74, 6) is 0. The largest absolute Gasteiger partial charge is 0.252 e. The van der Waals surface area contributed by atoms with Crippen LogP contribution in [0.25, 0.3) is 10.7 Å². The number of hydrogen-bond donors (Lipinski definition) is 0. The molecule has 0 amide bonds. The molecule has 2 heterocycles. The molecule has 0 bridgehead atoms. The van der Waals surface area contributed by atoms with E-state index in [0.29, 0.717) is 5.02 Å². The van der Waals surface area contributed by atoms with Crippen LogP contribution in [0.3, 0.4) is 0 Å². The van der Waals surface area contributed by atoms with E-state index in [0.717, 1.165) is 16.4 Å². The molecule has 0 saturated heterocycles. The molecule has 0 saturated carbocycles. The van der Waals surface area contributed by atoms with Gasteiger partial charge in [0.25, 0.3) is 0 Å². The maximum Gasteiger partial charge on any atom is 0.142 e. The fraction of sp³-hybridized carbons (Fsp3) is 0.333. The molecule has 0 unspecified atom stereocenters. The van der Waals surface area contributed by atoms with Gasteiger partial charge in [0, 0.05) is 17.0 Å². The number of hydrogen-bond acceptors (Lipinski definition) is 3. The summed E-state index contributed by atoms with van der Waals surface area (Å²) in [6.07, 6.45) is 1.65. The third-order valence-corrected chi connectivity index (χ3v) is 3.31. The number of halogens is 1. The second-order valence-corrected chi connectivity index (χ2v) is 5.94. The zero-order chi connectivity index (χ0) is 11.8. The van der Waals surface area contributed by atoms with Crippen LogP contribution in [0.2, 0.25) is 5.02 Å². The highest BCUT2D eigenvalue weighted by Gasteiger charge is 2.18. The van der Waals surface area contributed by atoms with Gasteiger partial charge >= 0.3 is 0 Å². The number of pyridine rings is 1. The summed E-state index contributed by atoms with van der Waals surface area (Å²) >= 11 is 7.42. The first-order valence-electron chi connectivity index (χ1n) is 5.05. The van der Waals surface area contributed by atoms with Crippen LogP contribution in [0.15, 0.2) is 23.7 Å². The minimum Gasteiger partial charge on any atom is -0.252 e. The van der Waals surface area contributed by atoms with E-state index in [2.05, 4.69) is 36.1 Å². The van der Waals surface area contributed by atoms with Crippen LogP contribution in [0.5, 0.6) is 0 Å². The fourth-order valence-electron chi connectivity index (χ4n) is 1.24. The normalized spacial score (nSPS) is 11.8. The van der Waals surface area contributed by atoms with Crippen LogP contribution < -0.4 is 0 Å². The van der Waals surface area contributed by atoms with Crippen molar-refractivity contribution in [2.24, 2.45) is 0 Å². The molecule has 84 valence electrons. The first-order chi connectivity index (χ1) is 7.47. The predicted octanol–water partition coefficient (Wildman–Crippen LogP) is 4.16. The standard InChI is InChI=1S/C12H13ClN2S/c1-12(2,3)10-7-16-11(15-10)9-5-4-8(13)6-14-9/h4-7H,1-3H3. The Kier molecular flexibility index (Phi) is 3.00. The molecule has 16 heavy (non-hydrogen) atoms. The molecule has 0 aliphatic rings. The summed E-state index contributed by atoms with van der Waals surface area (Å²) in [5.41, 5.74) is 2.07. The molecule has 2 rings (SSSR count). The molecule has 0 aliphatic carbocycles. The van der Waals surface area contributed by atoms with Crippen molar-refractivity contribution < 1.29 is 0 Å². The van der Waals surface area contributed by atoms with Crippen LogP contribution in [0.4, 0.5) is 0 Å². The molecule has 0 aromatic carbocycles. The van der Waals surface area contributed by atoms with Gasteiger partial charge in [0.05, 0.1) is 16.4 Å². The quantitative estimate of drug-likeness (QED) is 0.762. The molecular weight excluding hydrogens is 240 g/mol. The molecule has 0 atom stereocenters. The van der Waals surface area contributed by atoms with Crippen molar-refractivity contribution in [3.8, 4) is 10.7 Å². The Morgan fingerprint density at radius 3 is 2.50 bits per heavy atom.